The van der Waals surface area contributed by atoms with Crippen LogP contribution < -0.4 is 0 Å². The molecule has 6 heteroatoms. The maximum atomic E-state index is 12.7. The molecule has 1 aromatic carbocycles. The van der Waals surface area contributed by atoms with Crippen molar-refractivity contribution >= 4 is 49.4 Å². The highest BCUT2D eigenvalue weighted by molar-refractivity contribution is 8.82. The standard InChI is InChI=1S/C19H26N2OS3/c1-6-11-24-25-18(22)21-12-19(4,5)13-23-17(21)20-16-10-8-7-9-15(16)14(2)3/h6-10,14H,1,11-13H2,2-5H3. The number of aliphatic imine (C=N–C) groups is 1. The Labute approximate surface area is 163 Å². The topological polar surface area (TPSA) is 32.7 Å². The van der Waals surface area contributed by atoms with E-state index in [1.54, 1.807) is 11.8 Å². The molecule has 3 nitrogen and oxygen atoms in total. The quantitative estimate of drug-likeness (QED) is 0.321. The molecule has 0 spiro atoms. The van der Waals surface area contributed by atoms with E-state index in [1.165, 1.54) is 27.2 Å². The summed E-state index contributed by atoms with van der Waals surface area (Å²) in [5.74, 6) is 2.11. The average Bonchev–Trinajstić information content (AvgIpc) is 2.56. The van der Waals surface area contributed by atoms with E-state index in [9.17, 15) is 4.79 Å². The van der Waals surface area contributed by atoms with Gasteiger partial charge in [-0.1, -0.05) is 74.5 Å². The van der Waals surface area contributed by atoms with Crippen LogP contribution in [0.1, 0.15) is 39.2 Å². The third-order valence-corrected chi connectivity index (χ3v) is 7.26. The Balaban J connectivity index is 2.29. The van der Waals surface area contributed by atoms with Crippen molar-refractivity contribution in [2.24, 2.45) is 10.4 Å². The van der Waals surface area contributed by atoms with Crippen LogP contribution in [0.25, 0.3) is 0 Å². The number of hydrogen-bond acceptors (Lipinski definition) is 5. The maximum Gasteiger partial charge on any atom is 0.298 e. The lowest BCUT2D eigenvalue weighted by Crippen LogP contribution is -2.45. The lowest BCUT2D eigenvalue weighted by Gasteiger charge is -2.37. The maximum absolute atomic E-state index is 12.7. The van der Waals surface area contributed by atoms with Gasteiger partial charge in [0.2, 0.25) is 0 Å². The summed E-state index contributed by atoms with van der Waals surface area (Å²) in [5.41, 5.74) is 2.25. The molecule has 1 aliphatic heterocycles. The van der Waals surface area contributed by atoms with Gasteiger partial charge in [-0.25, -0.2) is 4.99 Å². The number of carbonyl (C=O) groups is 1. The van der Waals surface area contributed by atoms with Crippen LogP contribution in [0.15, 0.2) is 41.9 Å². The van der Waals surface area contributed by atoms with E-state index in [1.807, 2.05) is 29.2 Å². The zero-order valence-corrected chi connectivity index (χ0v) is 17.8. The molecule has 0 radical (unpaired) electrons. The number of rotatable bonds is 5. The molecule has 1 saturated heterocycles. The first-order valence-corrected chi connectivity index (χ1v) is 11.7. The predicted molar refractivity (Wildman–Crippen MR) is 116 cm³/mol. The molecule has 0 N–H and O–H groups in total. The van der Waals surface area contributed by atoms with Crippen molar-refractivity contribution in [3.63, 3.8) is 0 Å². The Hall–Kier alpha value is -0.850. The van der Waals surface area contributed by atoms with Gasteiger partial charge in [0.05, 0.1) is 5.69 Å². The van der Waals surface area contributed by atoms with Crippen molar-refractivity contribution < 1.29 is 4.79 Å². The summed E-state index contributed by atoms with van der Waals surface area (Å²) in [7, 11) is 2.79. The van der Waals surface area contributed by atoms with Crippen LogP contribution in [0.4, 0.5) is 10.5 Å². The number of carbonyl (C=O) groups excluding carboxylic acids is 1. The van der Waals surface area contributed by atoms with Gasteiger partial charge in [-0.3, -0.25) is 9.69 Å². The Bertz CT molecular complexity index is 656. The van der Waals surface area contributed by atoms with Crippen LogP contribution in [-0.2, 0) is 0 Å². The molecule has 0 bridgehead atoms. The summed E-state index contributed by atoms with van der Waals surface area (Å²) in [6.07, 6.45) is 1.81. The first-order chi connectivity index (χ1) is 11.8. The van der Waals surface area contributed by atoms with Gasteiger partial charge in [0.25, 0.3) is 5.24 Å². The number of para-hydroxylation sites is 1. The highest BCUT2D eigenvalue weighted by atomic mass is 33.1. The number of thioether (sulfide) groups is 1. The highest BCUT2D eigenvalue weighted by Gasteiger charge is 2.34. The highest BCUT2D eigenvalue weighted by Crippen LogP contribution is 2.37. The van der Waals surface area contributed by atoms with E-state index >= 15 is 0 Å². The molecule has 0 unspecified atom stereocenters. The molecule has 136 valence electrons. The first kappa shape index (κ1) is 20.5. The molecular formula is C19H26N2OS3. The fraction of sp³-hybridized carbons (Fsp3) is 0.474. The molecular weight excluding hydrogens is 368 g/mol. The van der Waals surface area contributed by atoms with E-state index in [0.29, 0.717) is 12.5 Å². The second-order valence-corrected chi connectivity index (χ2v) is 10.3. The smallest absolute Gasteiger partial charge is 0.281 e. The Morgan fingerprint density at radius 2 is 2.16 bits per heavy atom. The van der Waals surface area contributed by atoms with Crippen molar-refractivity contribution in [2.75, 3.05) is 18.1 Å². The van der Waals surface area contributed by atoms with Crippen molar-refractivity contribution in [3.8, 4) is 0 Å². The summed E-state index contributed by atoms with van der Waals surface area (Å²) in [6.45, 7) is 13.1. The van der Waals surface area contributed by atoms with Crippen LogP contribution in [0.3, 0.4) is 0 Å². The molecule has 0 aliphatic carbocycles. The normalized spacial score (nSPS) is 18.6. The van der Waals surface area contributed by atoms with Crippen molar-refractivity contribution in [3.05, 3.63) is 42.5 Å². The van der Waals surface area contributed by atoms with Gasteiger partial charge >= 0.3 is 0 Å². The first-order valence-electron chi connectivity index (χ1n) is 8.36. The van der Waals surface area contributed by atoms with E-state index in [4.69, 9.17) is 4.99 Å². The average molecular weight is 395 g/mol. The number of nitrogens with zero attached hydrogens (tertiary/aromatic N) is 2. The molecule has 0 saturated carbocycles. The SMILES string of the molecule is C=CCSSC(=O)N1CC(C)(C)CSC1=Nc1ccccc1C(C)C. The van der Waals surface area contributed by atoms with Gasteiger partial charge in [0.15, 0.2) is 5.17 Å². The van der Waals surface area contributed by atoms with Crippen molar-refractivity contribution in [1.82, 2.24) is 4.90 Å². The summed E-state index contributed by atoms with van der Waals surface area (Å²) in [4.78, 5) is 19.4. The van der Waals surface area contributed by atoms with Gasteiger partial charge < -0.3 is 0 Å². The molecule has 1 fully saturated rings. The molecule has 0 aromatic heterocycles. The third kappa shape index (κ3) is 5.83. The van der Waals surface area contributed by atoms with E-state index < -0.39 is 0 Å². The van der Waals surface area contributed by atoms with Gasteiger partial charge in [0, 0.05) is 28.8 Å². The van der Waals surface area contributed by atoms with Crippen LogP contribution in [0.5, 0.6) is 0 Å². The molecule has 1 aromatic rings. The molecule has 2 rings (SSSR count). The van der Waals surface area contributed by atoms with Crippen LogP contribution >= 0.6 is 33.3 Å². The third-order valence-electron chi connectivity index (χ3n) is 3.72. The monoisotopic (exact) mass is 394 g/mol. The second kappa shape index (κ2) is 9.19. The Kier molecular flexibility index (Phi) is 7.52. The zero-order valence-electron chi connectivity index (χ0n) is 15.3. The van der Waals surface area contributed by atoms with Gasteiger partial charge in [0.1, 0.15) is 0 Å². The van der Waals surface area contributed by atoms with Crippen LogP contribution in [0.2, 0.25) is 0 Å². The number of hydrogen-bond donors (Lipinski definition) is 0. The van der Waals surface area contributed by atoms with Gasteiger partial charge in [-0.2, -0.15) is 0 Å². The van der Waals surface area contributed by atoms with Gasteiger partial charge in [-0.05, 0) is 23.0 Å². The fourth-order valence-corrected chi connectivity index (χ4v) is 5.18. The predicted octanol–water partition coefficient (Wildman–Crippen LogP) is 6.56. The Morgan fingerprint density at radius 3 is 2.84 bits per heavy atom. The molecule has 1 amide bonds. The van der Waals surface area contributed by atoms with E-state index in [2.05, 4.69) is 40.3 Å². The largest absolute Gasteiger partial charge is 0.298 e. The Morgan fingerprint density at radius 1 is 1.44 bits per heavy atom. The zero-order chi connectivity index (χ0) is 18.4. The minimum Gasteiger partial charge on any atom is -0.281 e. The number of amides is 1. The second-order valence-electron chi connectivity index (χ2n) is 7.07. The van der Waals surface area contributed by atoms with Gasteiger partial charge in [-0.15, -0.1) is 6.58 Å². The molecule has 1 aliphatic rings. The molecule has 0 atom stereocenters. The van der Waals surface area contributed by atoms with E-state index in [0.717, 1.165) is 22.4 Å². The minimum absolute atomic E-state index is 0.0490. The van der Waals surface area contributed by atoms with E-state index in [-0.39, 0.29) is 10.7 Å². The minimum atomic E-state index is 0.0490. The summed E-state index contributed by atoms with van der Waals surface area (Å²) < 4.78 is 0. The summed E-state index contributed by atoms with van der Waals surface area (Å²) in [5, 5.41) is 0.858. The van der Waals surface area contributed by atoms with Crippen molar-refractivity contribution in [1.29, 1.82) is 0 Å². The van der Waals surface area contributed by atoms with Crippen LogP contribution in [-0.4, -0.2) is 33.4 Å². The lowest BCUT2D eigenvalue weighted by atomic mass is 9.96. The number of amidine groups is 1. The molecule has 25 heavy (non-hydrogen) atoms. The number of benzene rings is 1. The lowest BCUT2D eigenvalue weighted by molar-refractivity contribution is 0.229. The summed E-state index contributed by atoms with van der Waals surface area (Å²) >= 11 is 1.67. The van der Waals surface area contributed by atoms with Crippen molar-refractivity contribution in [2.45, 2.75) is 33.6 Å². The fourth-order valence-electron chi connectivity index (χ4n) is 2.47. The molecule has 1 heterocycles. The van der Waals surface area contributed by atoms with Crippen LogP contribution in [0, 0.1) is 5.41 Å². The summed E-state index contributed by atoms with van der Waals surface area (Å²) in [6, 6.07) is 8.19.